The van der Waals surface area contributed by atoms with Crippen LogP contribution in [-0.4, -0.2) is 86.4 Å². The smallest absolute Gasteiger partial charge is 0.246 e. The average molecular weight is 655 g/mol. The zero-order chi connectivity index (χ0) is 26.8. The molecule has 1 fully saturated rings. The highest BCUT2D eigenvalue weighted by molar-refractivity contribution is 5.91. The molecule has 1 saturated heterocycles. The number of amides is 1. The zero-order valence-electron chi connectivity index (χ0n) is 25.9. The van der Waals surface area contributed by atoms with Crippen LogP contribution in [0.1, 0.15) is 105 Å². The first-order chi connectivity index (χ1) is 16.1. The minimum atomic E-state index is -0.0204. The molecule has 222 valence electrons. The molecule has 1 aliphatic rings. The first-order valence-electron chi connectivity index (χ1n) is 14.4. The van der Waals surface area contributed by atoms with E-state index >= 15 is 0 Å². The maximum absolute atomic E-state index is 11.6. The molecule has 0 unspecified atom stereocenters. The second-order valence-corrected chi connectivity index (χ2v) is 14.1. The fourth-order valence-electron chi connectivity index (χ4n) is 6.04. The quantitative estimate of drug-likeness (QED) is 0.128. The van der Waals surface area contributed by atoms with Gasteiger partial charge in [-0.2, -0.15) is 0 Å². The monoisotopic (exact) mass is 652 g/mol. The maximum Gasteiger partial charge on any atom is 0.246 e. The number of unbranched alkanes of at least 4 members (excludes halogenated alkanes) is 7. The van der Waals surface area contributed by atoms with Crippen LogP contribution in [0.5, 0.6) is 0 Å². The second-order valence-electron chi connectivity index (χ2n) is 14.1. The van der Waals surface area contributed by atoms with Crippen molar-refractivity contribution in [1.82, 2.24) is 10.6 Å². The van der Waals surface area contributed by atoms with E-state index < -0.39 is 0 Å². The van der Waals surface area contributed by atoms with E-state index in [0.717, 1.165) is 30.0 Å². The minimum absolute atomic E-state index is 0. The fourth-order valence-corrected chi connectivity index (χ4v) is 6.04. The van der Waals surface area contributed by atoms with E-state index in [0.29, 0.717) is 5.57 Å². The summed E-state index contributed by atoms with van der Waals surface area (Å²) in [4.78, 5) is 11.6. The lowest BCUT2D eigenvalue weighted by Crippen LogP contribution is -3.00. The molecule has 1 rings (SSSR count). The molecule has 0 aliphatic carbocycles. The number of carbonyl (C=O) groups excluding carboxylic acids is 1. The van der Waals surface area contributed by atoms with Gasteiger partial charge in [-0.3, -0.25) is 4.79 Å². The van der Waals surface area contributed by atoms with Crippen LogP contribution in [0.2, 0.25) is 0 Å². The van der Waals surface area contributed by atoms with Gasteiger partial charge in [-0.1, -0.05) is 32.3 Å². The summed E-state index contributed by atoms with van der Waals surface area (Å²) in [6.45, 7) is 19.3. The van der Waals surface area contributed by atoms with Crippen LogP contribution in [-0.2, 0) is 4.79 Å². The Morgan fingerprint density at radius 1 is 0.784 bits per heavy atom. The van der Waals surface area contributed by atoms with E-state index in [1.807, 2.05) is 0 Å². The number of carbonyl (C=O) groups is 1. The molecule has 7 heteroatoms. The summed E-state index contributed by atoms with van der Waals surface area (Å²) in [5, 5.41) is 6.78. The maximum atomic E-state index is 11.6. The van der Waals surface area contributed by atoms with Gasteiger partial charge < -0.3 is 53.6 Å². The Balaban J connectivity index is 0. The van der Waals surface area contributed by atoms with Crippen LogP contribution in [0.4, 0.5) is 0 Å². The SMILES string of the molecule is C=C(C)C(=O)NCCC[N+](C)(C)CCCCCCCCCC[N+](C)(C)C1CC(C)(C)NC(C)(C)C1.[Br-].[Br-]. The number of nitrogens with zero attached hydrogens (tertiary/aromatic N) is 2. The Labute approximate surface area is 252 Å². The molecule has 0 aromatic rings. The topological polar surface area (TPSA) is 41.1 Å². The third kappa shape index (κ3) is 17.4. The molecule has 0 radical (unpaired) electrons. The number of rotatable bonds is 17. The van der Waals surface area contributed by atoms with Gasteiger partial charge in [0.1, 0.15) is 0 Å². The summed E-state index contributed by atoms with van der Waals surface area (Å²) in [5.41, 5.74) is 1.06. The summed E-state index contributed by atoms with van der Waals surface area (Å²) in [7, 11) is 9.54. The predicted octanol–water partition coefficient (Wildman–Crippen LogP) is -0.340. The molecule has 0 spiro atoms. The molecule has 5 nitrogen and oxygen atoms in total. The van der Waals surface area contributed by atoms with Gasteiger partial charge in [0.05, 0.1) is 53.9 Å². The van der Waals surface area contributed by atoms with Crippen molar-refractivity contribution in [2.45, 2.75) is 122 Å². The lowest BCUT2D eigenvalue weighted by molar-refractivity contribution is -0.917. The first-order valence-corrected chi connectivity index (χ1v) is 14.4. The molecule has 0 saturated carbocycles. The molecule has 37 heavy (non-hydrogen) atoms. The Hall–Kier alpha value is 0.0500. The second kappa shape index (κ2) is 17.7. The Morgan fingerprint density at radius 2 is 1.19 bits per heavy atom. The van der Waals surface area contributed by atoms with Crippen molar-refractivity contribution >= 4 is 5.91 Å². The van der Waals surface area contributed by atoms with Crippen LogP contribution in [0, 0.1) is 0 Å². The number of piperidine rings is 1. The van der Waals surface area contributed by atoms with Gasteiger partial charge in [0.2, 0.25) is 5.91 Å². The number of quaternary nitrogens is 2. The normalized spacial score (nSPS) is 17.4. The van der Waals surface area contributed by atoms with Gasteiger partial charge in [0.25, 0.3) is 0 Å². The summed E-state index contributed by atoms with van der Waals surface area (Å²) in [5.74, 6) is -0.0204. The number of hydrogen-bond donors (Lipinski definition) is 2. The third-order valence-corrected chi connectivity index (χ3v) is 8.02. The van der Waals surface area contributed by atoms with E-state index in [-0.39, 0.29) is 50.9 Å². The number of hydrogen-bond acceptors (Lipinski definition) is 2. The van der Waals surface area contributed by atoms with Gasteiger partial charge in [-0.05, 0) is 60.3 Å². The van der Waals surface area contributed by atoms with Crippen molar-refractivity contribution in [3.8, 4) is 0 Å². The van der Waals surface area contributed by atoms with Gasteiger partial charge in [0, 0.05) is 42.5 Å². The Bertz CT molecular complexity index is 646. The van der Waals surface area contributed by atoms with Crippen LogP contribution in [0.25, 0.3) is 0 Å². The van der Waals surface area contributed by atoms with Crippen molar-refractivity contribution in [2.24, 2.45) is 0 Å². The molecule has 1 amide bonds. The highest BCUT2D eigenvalue weighted by Crippen LogP contribution is 2.33. The number of halogens is 2. The minimum Gasteiger partial charge on any atom is -1.00 e. The van der Waals surface area contributed by atoms with Gasteiger partial charge in [0.15, 0.2) is 0 Å². The van der Waals surface area contributed by atoms with Crippen molar-refractivity contribution in [3.63, 3.8) is 0 Å². The molecule has 1 heterocycles. The summed E-state index contributed by atoms with van der Waals surface area (Å²) in [6, 6.07) is 0.749. The Kier molecular flexibility index (Phi) is 18.7. The lowest BCUT2D eigenvalue weighted by Gasteiger charge is -2.51. The van der Waals surface area contributed by atoms with E-state index in [2.05, 4.69) is 73.1 Å². The molecule has 1 aliphatic heterocycles. The van der Waals surface area contributed by atoms with E-state index in [1.54, 1.807) is 6.92 Å². The first kappa shape index (κ1) is 39.2. The average Bonchev–Trinajstić information content (AvgIpc) is 2.70. The number of nitrogens with one attached hydrogen (secondary N) is 2. The summed E-state index contributed by atoms with van der Waals surface area (Å²) in [6.07, 6.45) is 14.5. The van der Waals surface area contributed by atoms with Crippen LogP contribution in [0.3, 0.4) is 0 Å². The standard InChI is InChI=1S/C30H61N4O.2BrH/c1-26(2)28(35)31-20-19-22-33(7,8)21-17-15-13-11-12-14-16-18-23-34(9,10)27-24-29(3,4)32-30(5,6)25-27;;/h27,32H,1,11-25H2,2-10H3;2*1H/q+1;;/p-1. The van der Waals surface area contributed by atoms with E-state index in [1.165, 1.54) is 81.8 Å². The molecular formula is C30H62Br2N4O. The molecule has 0 aromatic heterocycles. The van der Waals surface area contributed by atoms with Crippen molar-refractivity contribution in [3.05, 3.63) is 12.2 Å². The highest BCUT2D eigenvalue weighted by Gasteiger charge is 2.44. The zero-order valence-corrected chi connectivity index (χ0v) is 29.1. The molecule has 2 N–H and O–H groups in total. The van der Waals surface area contributed by atoms with Crippen LogP contribution < -0.4 is 44.6 Å². The summed E-state index contributed by atoms with van der Waals surface area (Å²) >= 11 is 0. The van der Waals surface area contributed by atoms with Crippen molar-refractivity contribution < 1.29 is 47.7 Å². The van der Waals surface area contributed by atoms with Gasteiger partial charge in [-0.15, -0.1) is 0 Å². The molecule has 0 atom stereocenters. The Morgan fingerprint density at radius 3 is 1.65 bits per heavy atom. The van der Waals surface area contributed by atoms with Gasteiger partial charge >= 0.3 is 0 Å². The van der Waals surface area contributed by atoms with E-state index in [9.17, 15) is 4.79 Å². The highest BCUT2D eigenvalue weighted by atomic mass is 79.9. The largest absolute Gasteiger partial charge is 1.00 e. The van der Waals surface area contributed by atoms with Crippen LogP contribution >= 0.6 is 0 Å². The predicted molar refractivity (Wildman–Crippen MR) is 153 cm³/mol. The van der Waals surface area contributed by atoms with Gasteiger partial charge in [-0.25, -0.2) is 0 Å². The lowest BCUT2D eigenvalue weighted by atomic mass is 9.78. The van der Waals surface area contributed by atoms with Crippen molar-refractivity contribution in [2.75, 3.05) is 54.4 Å². The van der Waals surface area contributed by atoms with Crippen LogP contribution in [0.15, 0.2) is 12.2 Å². The van der Waals surface area contributed by atoms with E-state index in [4.69, 9.17) is 0 Å². The molecule has 0 bridgehead atoms. The summed E-state index contributed by atoms with van der Waals surface area (Å²) < 4.78 is 2.21. The fraction of sp³-hybridized carbons (Fsp3) is 0.900. The molecular weight excluding hydrogens is 592 g/mol. The molecule has 0 aromatic carbocycles. The third-order valence-electron chi connectivity index (χ3n) is 8.02. The van der Waals surface area contributed by atoms with Crippen molar-refractivity contribution in [1.29, 1.82) is 0 Å².